The summed E-state index contributed by atoms with van der Waals surface area (Å²) >= 11 is 0. The Kier molecular flexibility index (Phi) is 4.60. The van der Waals surface area contributed by atoms with Crippen LogP contribution in [0.2, 0.25) is 0 Å². The molecule has 0 radical (unpaired) electrons. The molecule has 0 aromatic heterocycles. The standard InChI is InChI=1S/C17H21F2NO2/c18-17(19)22-14-8-1-11(2-9-14)3-10-15(21)20-16(12-4-5-12)13-6-7-13/h1-2,8-9,12-13,16-17H,3-7,10H2,(H,20,21). The number of rotatable bonds is 8. The van der Waals surface area contributed by atoms with Crippen molar-refractivity contribution in [2.75, 3.05) is 0 Å². The monoisotopic (exact) mass is 309 g/mol. The van der Waals surface area contributed by atoms with E-state index in [0.29, 0.717) is 30.7 Å². The molecular formula is C17H21F2NO2. The average Bonchev–Trinajstić information content (AvgIpc) is 3.37. The molecule has 1 aromatic carbocycles. The van der Waals surface area contributed by atoms with Crippen LogP contribution in [-0.2, 0) is 11.2 Å². The summed E-state index contributed by atoms with van der Waals surface area (Å²) in [5.41, 5.74) is 0.950. The second-order valence-corrected chi connectivity index (χ2v) is 6.29. The molecule has 2 fully saturated rings. The Hall–Kier alpha value is -1.65. The van der Waals surface area contributed by atoms with Crippen LogP contribution in [-0.4, -0.2) is 18.6 Å². The molecule has 0 heterocycles. The fourth-order valence-corrected chi connectivity index (χ4v) is 2.88. The minimum atomic E-state index is -2.81. The lowest BCUT2D eigenvalue weighted by Crippen LogP contribution is -2.38. The highest BCUT2D eigenvalue weighted by Gasteiger charge is 2.42. The summed E-state index contributed by atoms with van der Waals surface area (Å²) in [6, 6.07) is 6.86. The minimum Gasteiger partial charge on any atom is -0.435 e. The third-order valence-corrected chi connectivity index (χ3v) is 4.38. The van der Waals surface area contributed by atoms with Crippen molar-refractivity contribution in [1.29, 1.82) is 0 Å². The minimum absolute atomic E-state index is 0.0942. The van der Waals surface area contributed by atoms with E-state index in [9.17, 15) is 13.6 Å². The lowest BCUT2D eigenvalue weighted by molar-refractivity contribution is -0.122. The van der Waals surface area contributed by atoms with Crippen molar-refractivity contribution in [3.63, 3.8) is 0 Å². The quantitative estimate of drug-likeness (QED) is 0.798. The van der Waals surface area contributed by atoms with Crippen LogP contribution in [0.4, 0.5) is 8.78 Å². The highest BCUT2D eigenvalue weighted by Crippen LogP contribution is 2.44. The van der Waals surface area contributed by atoms with Gasteiger partial charge in [0.05, 0.1) is 0 Å². The summed E-state index contributed by atoms with van der Waals surface area (Å²) in [6.45, 7) is -2.81. The van der Waals surface area contributed by atoms with E-state index in [4.69, 9.17) is 0 Å². The zero-order valence-corrected chi connectivity index (χ0v) is 12.4. The van der Waals surface area contributed by atoms with Crippen molar-refractivity contribution in [3.05, 3.63) is 29.8 Å². The van der Waals surface area contributed by atoms with Gasteiger partial charge in [0.2, 0.25) is 5.91 Å². The lowest BCUT2D eigenvalue weighted by atomic mass is 10.1. The van der Waals surface area contributed by atoms with Crippen molar-refractivity contribution in [1.82, 2.24) is 5.32 Å². The fraction of sp³-hybridized carbons (Fsp3) is 0.588. The predicted molar refractivity (Wildman–Crippen MR) is 78.8 cm³/mol. The molecule has 2 aliphatic rings. The van der Waals surface area contributed by atoms with Gasteiger partial charge in [-0.3, -0.25) is 4.79 Å². The summed E-state index contributed by atoms with van der Waals surface area (Å²) in [5, 5.41) is 3.19. The SMILES string of the molecule is O=C(CCc1ccc(OC(F)F)cc1)NC(C1CC1)C1CC1. The highest BCUT2D eigenvalue weighted by atomic mass is 19.3. The first kappa shape index (κ1) is 15.3. The van der Waals surface area contributed by atoms with Gasteiger partial charge in [0.15, 0.2) is 0 Å². The Labute approximate surface area is 129 Å². The van der Waals surface area contributed by atoms with Crippen molar-refractivity contribution >= 4 is 5.91 Å². The number of alkyl halides is 2. The first-order valence-corrected chi connectivity index (χ1v) is 7.95. The molecule has 1 aromatic rings. The second-order valence-electron chi connectivity index (χ2n) is 6.29. The van der Waals surface area contributed by atoms with Crippen molar-refractivity contribution in [3.8, 4) is 5.75 Å². The van der Waals surface area contributed by atoms with Gasteiger partial charge in [-0.05, 0) is 61.6 Å². The third-order valence-electron chi connectivity index (χ3n) is 4.38. The van der Waals surface area contributed by atoms with Crippen molar-refractivity contribution in [2.24, 2.45) is 11.8 Å². The van der Waals surface area contributed by atoms with Crippen LogP contribution in [0, 0.1) is 11.8 Å². The van der Waals surface area contributed by atoms with Crippen LogP contribution < -0.4 is 10.1 Å². The number of hydrogen-bond acceptors (Lipinski definition) is 2. The molecule has 3 rings (SSSR count). The van der Waals surface area contributed by atoms with Crippen LogP contribution in [0.1, 0.15) is 37.7 Å². The maximum atomic E-state index is 12.1. The largest absolute Gasteiger partial charge is 0.435 e. The lowest BCUT2D eigenvalue weighted by Gasteiger charge is -2.17. The van der Waals surface area contributed by atoms with Gasteiger partial charge in [0.25, 0.3) is 0 Å². The molecule has 2 saturated carbocycles. The van der Waals surface area contributed by atoms with E-state index in [1.807, 2.05) is 0 Å². The molecule has 2 aliphatic carbocycles. The Morgan fingerprint density at radius 2 is 1.73 bits per heavy atom. The molecule has 5 heteroatoms. The third kappa shape index (κ3) is 4.42. The number of hydrogen-bond donors (Lipinski definition) is 1. The van der Waals surface area contributed by atoms with Crippen LogP contribution in [0.25, 0.3) is 0 Å². The van der Waals surface area contributed by atoms with Crippen molar-refractivity contribution in [2.45, 2.75) is 51.2 Å². The smallest absolute Gasteiger partial charge is 0.387 e. The van der Waals surface area contributed by atoms with Crippen LogP contribution in [0.5, 0.6) is 5.75 Å². The van der Waals surface area contributed by atoms with Gasteiger partial charge in [-0.25, -0.2) is 0 Å². The van der Waals surface area contributed by atoms with Gasteiger partial charge in [0, 0.05) is 12.5 Å². The van der Waals surface area contributed by atoms with Gasteiger partial charge in [-0.2, -0.15) is 8.78 Å². The summed E-state index contributed by atoms with van der Waals surface area (Å²) in [4.78, 5) is 12.1. The van der Waals surface area contributed by atoms with E-state index < -0.39 is 6.61 Å². The zero-order valence-electron chi connectivity index (χ0n) is 12.4. The van der Waals surface area contributed by atoms with Crippen molar-refractivity contribution < 1.29 is 18.3 Å². The molecule has 0 unspecified atom stereocenters. The van der Waals surface area contributed by atoms with Gasteiger partial charge >= 0.3 is 6.61 Å². The summed E-state index contributed by atoms with van der Waals surface area (Å²) in [6.07, 6.45) is 6.02. The van der Waals surface area contributed by atoms with Gasteiger partial charge in [-0.15, -0.1) is 0 Å². The molecule has 0 spiro atoms. The number of carbonyl (C=O) groups excluding carboxylic acids is 1. The molecule has 0 saturated heterocycles. The Morgan fingerprint density at radius 1 is 1.14 bits per heavy atom. The molecule has 120 valence electrons. The van der Waals surface area contributed by atoms with E-state index >= 15 is 0 Å². The summed E-state index contributed by atoms with van der Waals surface area (Å²) in [5.74, 6) is 1.63. The number of aryl methyl sites for hydroxylation is 1. The van der Waals surface area contributed by atoms with Crippen LogP contribution in [0.3, 0.4) is 0 Å². The molecule has 1 N–H and O–H groups in total. The maximum Gasteiger partial charge on any atom is 0.387 e. The zero-order chi connectivity index (χ0) is 15.5. The number of nitrogens with one attached hydrogen (secondary N) is 1. The number of benzene rings is 1. The average molecular weight is 309 g/mol. The van der Waals surface area contributed by atoms with Crippen LogP contribution >= 0.6 is 0 Å². The number of ether oxygens (including phenoxy) is 1. The highest BCUT2D eigenvalue weighted by molar-refractivity contribution is 5.76. The van der Waals surface area contributed by atoms with Gasteiger partial charge in [0.1, 0.15) is 5.75 Å². The number of halogens is 2. The molecular weight excluding hydrogens is 288 g/mol. The van der Waals surface area contributed by atoms with E-state index in [1.165, 1.54) is 37.8 Å². The second kappa shape index (κ2) is 6.63. The normalized spacial score (nSPS) is 17.8. The molecule has 0 bridgehead atoms. The fourth-order valence-electron chi connectivity index (χ4n) is 2.88. The molecule has 0 aliphatic heterocycles. The Morgan fingerprint density at radius 3 is 2.23 bits per heavy atom. The number of amides is 1. The first-order chi connectivity index (χ1) is 10.6. The maximum absolute atomic E-state index is 12.1. The number of carbonyl (C=O) groups is 1. The Balaban J connectivity index is 1.44. The molecule has 3 nitrogen and oxygen atoms in total. The van der Waals surface area contributed by atoms with Gasteiger partial charge < -0.3 is 10.1 Å². The van der Waals surface area contributed by atoms with Gasteiger partial charge in [-0.1, -0.05) is 12.1 Å². The Bertz CT molecular complexity index is 498. The topological polar surface area (TPSA) is 38.3 Å². The predicted octanol–water partition coefficient (Wildman–Crippen LogP) is 3.53. The molecule has 0 atom stereocenters. The molecule has 22 heavy (non-hydrogen) atoms. The summed E-state index contributed by atoms with van der Waals surface area (Å²) in [7, 11) is 0. The molecule has 1 amide bonds. The first-order valence-electron chi connectivity index (χ1n) is 7.95. The van der Waals surface area contributed by atoms with E-state index in [0.717, 1.165) is 5.56 Å². The summed E-state index contributed by atoms with van der Waals surface area (Å²) < 4.78 is 28.4. The van der Waals surface area contributed by atoms with E-state index in [2.05, 4.69) is 10.1 Å². The van der Waals surface area contributed by atoms with E-state index in [1.54, 1.807) is 12.1 Å². The van der Waals surface area contributed by atoms with Crippen LogP contribution in [0.15, 0.2) is 24.3 Å². The van der Waals surface area contributed by atoms with E-state index in [-0.39, 0.29) is 11.7 Å².